The molecule has 3 rings (SSSR count). The van der Waals surface area contributed by atoms with E-state index in [1.165, 1.54) is 0 Å². The molecule has 1 aromatic carbocycles. The number of ketones is 1. The third kappa shape index (κ3) is 2.59. The summed E-state index contributed by atoms with van der Waals surface area (Å²) < 4.78 is 16.4. The largest absolute Gasteiger partial charge is 0.496 e. The number of piperidine rings is 1. The summed E-state index contributed by atoms with van der Waals surface area (Å²) in [5.41, 5.74) is 0.570. The van der Waals surface area contributed by atoms with Gasteiger partial charge in [-0.05, 0) is 32.0 Å². The summed E-state index contributed by atoms with van der Waals surface area (Å²) in [6.07, 6.45) is 1.65. The highest BCUT2D eigenvalue weighted by Gasteiger charge is 2.40. The molecule has 0 N–H and O–H groups in total. The number of morpholine rings is 1. The molecular formula is C17H23NO4. The van der Waals surface area contributed by atoms with Crippen molar-refractivity contribution in [1.82, 2.24) is 4.90 Å². The molecule has 2 fully saturated rings. The van der Waals surface area contributed by atoms with E-state index in [-0.39, 0.29) is 11.7 Å². The fourth-order valence-electron chi connectivity index (χ4n) is 3.61. The molecule has 5 heteroatoms. The van der Waals surface area contributed by atoms with Crippen molar-refractivity contribution in [3.63, 3.8) is 0 Å². The Hall–Kier alpha value is -1.59. The summed E-state index contributed by atoms with van der Waals surface area (Å²) in [6.45, 7) is 1.42. The first-order valence-electron chi connectivity index (χ1n) is 7.70. The second-order valence-electron chi connectivity index (χ2n) is 6.08. The molecule has 0 aromatic heterocycles. The number of hydrogen-bond donors (Lipinski definition) is 0. The molecule has 2 saturated heterocycles. The zero-order chi connectivity index (χ0) is 15.7. The normalized spacial score (nSPS) is 28.2. The molecule has 0 aliphatic carbocycles. The highest BCUT2D eigenvalue weighted by Crippen LogP contribution is 2.37. The molecule has 2 aliphatic heterocycles. The Morgan fingerprint density at radius 1 is 1.14 bits per heavy atom. The van der Waals surface area contributed by atoms with Gasteiger partial charge < -0.3 is 14.2 Å². The van der Waals surface area contributed by atoms with Crippen LogP contribution in [0.25, 0.3) is 0 Å². The van der Waals surface area contributed by atoms with E-state index >= 15 is 0 Å². The Balaban J connectivity index is 1.88. The maximum absolute atomic E-state index is 13.1. The number of rotatable bonds is 4. The number of methoxy groups -OCH3 is 2. The van der Waals surface area contributed by atoms with Crippen molar-refractivity contribution in [2.75, 3.05) is 34.5 Å². The van der Waals surface area contributed by atoms with Crippen LogP contribution in [-0.4, -0.2) is 57.2 Å². The van der Waals surface area contributed by atoms with Gasteiger partial charge in [-0.1, -0.05) is 6.07 Å². The van der Waals surface area contributed by atoms with Crippen molar-refractivity contribution in [2.24, 2.45) is 5.92 Å². The molecule has 120 valence electrons. The van der Waals surface area contributed by atoms with Crippen LogP contribution in [-0.2, 0) is 4.74 Å². The second kappa shape index (κ2) is 6.26. The summed E-state index contributed by atoms with van der Waals surface area (Å²) in [4.78, 5) is 15.4. The smallest absolute Gasteiger partial charge is 0.173 e. The van der Waals surface area contributed by atoms with Crippen LogP contribution in [0.15, 0.2) is 18.2 Å². The lowest BCUT2D eigenvalue weighted by molar-refractivity contribution is -0.0702. The highest BCUT2D eigenvalue weighted by atomic mass is 16.5. The standard InChI is InChI=1S/C17H23NO4/c1-18-12-7-11(8-13(18)10-22-9-12)17(19)16-14(20-2)5-4-6-15(16)21-3/h4-6,11-13H,7-10H2,1-3H3. The van der Waals surface area contributed by atoms with Gasteiger partial charge in [-0.25, -0.2) is 0 Å². The number of ether oxygens (including phenoxy) is 3. The van der Waals surface area contributed by atoms with Crippen molar-refractivity contribution in [3.05, 3.63) is 23.8 Å². The minimum absolute atomic E-state index is 0.000278. The molecule has 1 aromatic rings. The average molecular weight is 305 g/mol. The fraction of sp³-hybridized carbons (Fsp3) is 0.588. The molecule has 0 amide bonds. The van der Waals surface area contributed by atoms with Crippen LogP contribution < -0.4 is 9.47 Å². The maximum Gasteiger partial charge on any atom is 0.173 e. The Morgan fingerprint density at radius 2 is 1.68 bits per heavy atom. The van der Waals surface area contributed by atoms with Gasteiger partial charge in [0.25, 0.3) is 0 Å². The zero-order valence-corrected chi connectivity index (χ0v) is 13.4. The van der Waals surface area contributed by atoms with E-state index in [0.29, 0.717) is 42.4 Å². The molecular weight excluding hydrogens is 282 g/mol. The quantitative estimate of drug-likeness (QED) is 0.796. The maximum atomic E-state index is 13.1. The lowest BCUT2D eigenvalue weighted by Crippen LogP contribution is -2.55. The van der Waals surface area contributed by atoms with E-state index in [1.807, 2.05) is 18.2 Å². The fourth-order valence-corrected chi connectivity index (χ4v) is 3.61. The monoisotopic (exact) mass is 305 g/mol. The van der Waals surface area contributed by atoms with Gasteiger partial charge >= 0.3 is 0 Å². The predicted octanol–water partition coefficient (Wildman–Crippen LogP) is 2.00. The van der Waals surface area contributed by atoms with E-state index in [1.54, 1.807) is 14.2 Å². The molecule has 2 aliphatic rings. The SMILES string of the molecule is COc1cccc(OC)c1C(=O)C1CC2COCC(C1)N2C. The van der Waals surface area contributed by atoms with E-state index in [9.17, 15) is 4.79 Å². The van der Waals surface area contributed by atoms with Gasteiger partial charge in [-0.3, -0.25) is 9.69 Å². The van der Waals surface area contributed by atoms with Gasteiger partial charge in [-0.2, -0.15) is 0 Å². The van der Waals surface area contributed by atoms with Crippen molar-refractivity contribution < 1.29 is 19.0 Å². The topological polar surface area (TPSA) is 48.0 Å². The van der Waals surface area contributed by atoms with Crippen LogP contribution in [0.2, 0.25) is 0 Å². The molecule has 5 nitrogen and oxygen atoms in total. The number of Topliss-reactive ketones (excluding diaryl/α,β-unsaturated/α-hetero) is 1. The van der Waals surface area contributed by atoms with Crippen molar-refractivity contribution in [2.45, 2.75) is 24.9 Å². The number of carbonyl (C=O) groups is 1. The summed E-state index contributed by atoms with van der Waals surface area (Å²) in [5.74, 6) is 1.30. The van der Waals surface area contributed by atoms with Crippen LogP contribution in [0.4, 0.5) is 0 Å². The van der Waals surface area contributed by atoms with E-state index in [4.69, 9.17) is 14.2 Å². The van der Waals surface area contributed by atoms with Gasteiger partial charge in [0.2, 0.25) is 0 Å². The van der Waals surface area contributed by atoms with E-state index in [2.05, 4.69) is 11.9 Å². The molecule has 22 heavy (non-hydrogen) atoms. The Bertz CT molecular complexity index is 523. The number of benzene rings is 1. The molecule has 0 spiro atoms. The van der Waals surface area contributed by atoms with Crippen LogP contribution >= 0.6 is 0 Å². The van der Waals surface area contributed by atoms with Gasteiger partial charge in [0.15, 0.2) is 5.78 Å². The highest BCUT2D eigenvalue weighted by molar-refractivity contribution is 6.03. The van der Waals surface area contributed by atoms with Crippen molar-refractivity contribution >= 4 is 5.78 Å². The minimum Gasteiger partial charge on any atom is -0.496 e. The molecule has 0 radical (unpaired) electrons. The van der Waals surface area contributed by atoms with E-state index < -0.39 is 0 Å². The Morgan fingerprint density at radius 3 is 2.18 bits per heavy atom. The van der Waals surface area contributed by atoms with Gasteiger partial charge in [0.05, 0.1) is 27.4 Å². The Labute approximate surface area is 131 Å². The van der Waals surface area contributed by atoms with Crippen LogP contribution in [0.1, 0.15) is 23.2 Å². The van der Waals surface area contributed by atoms with Crippen molar-refractivity contribution in [1.29, 1.82) is 0 Å². The third-order valence-corrected chi connectivity index (χ3v) is 4.93. The van der Waals surface area contributed by atoms with Crippen molar-refractivity contribution in [3.8, 4) is 11.5 Å². The minimum atomic E-state index is 0.000278. The molecule has 0 saturated carbocycles. The average Bonchev–Trinajstić information content (AvgIpc) is 2.53. The first-order chi connectivity index (χ1) is 10.7. The number of likely N-dealkylation sites (N-methyl/N-ethyl adjacent to an activating group) is 1. The van der Waals surface area contributed by atoms with Crippen LogP contribution in [0.5, 0.6) is 11.5 Å². The van der Waals surface area contributed by atoms with Gasteiger partial charge in [0.1, 0.15) is 17.1 Å². The molecule has 2 atom stereocenters. The molecule has 2 bridgehead atoms. The summed E-state index contributed by atoms with van der Waals surface area (Å²) in [5, 5.41) is 0. The second-order valence-corrected chi connectivity index (χ2v) is 6.08. The van der Waals surface area contributed by atoms with Gasteiger partial charge in [0, 0.05) is 18.0 Å². The third-order valence-electron chi connectivity index (χ3n) is 4.93. The summed E-state index contributed by atoms with van der Waals surface area (Å²) >= 11 is 0. The molecule has 2 heterocycles. The van der Waals surface area contributed by atoms with Crippen LogP contribution in [0.3, 0.4) is 0 Å². The Kier molecular flexibility index (Phi) is 4.36. The number of fused-ring (bicyclic) bond motifs is 2. The summed E-state index contributed by atoms with van der Waals surface area (Å²) in [6, 6.07) is 6.11. The van der Waals surface area contributed by atoms with Crippen LogP contribution in [0, 0.1) is 5.92 Å². The lowest BCUT2D eigenvalue weighted by Gasteiger charge is -2.46. The first-order valence-corrected chi connectivity index (χ1v) is 7.70. The summed E-state index contributed by atoms with van der Waals surface area (Å²) in [7, 11) is 5.30. The number of hydrogen-bond acceptors (Lipinski definition) is 5. The lowest BCUT2D eigenvalue weighted by atomic mass is 9.80. The first kappa shape index (κ1) is 15.3. The zero-order valence-electron chi connectivity index (χ0n) is 13.4. The number of carbonyl (C=O) groups excluding carboxylic acids is 1. The molecule has 2 unspecified atom stereocenters. The number of nitrogens with zero attached hydrogens (tertiary/aromatic N) is 1. The van der Waals surface area contributed by atoms with E-state index in [0.717, 1.165) is 12.8 Å². The van der Waals surface area contributed by atoms with Gasteiger partial charge in [-0.15, -0.1) is 0 Å². The predicted molar refractivity (Wildman–Crippen MR) is 82.8 cm³/mol.